The lowest BCUT2D eigenvalue weighted by Gasteiger charge is -2.24. The lowest BCUT2D eigenvalue weighted by Crippen LogP contribution is -2.43. The Balaban J connectivity index is 2.06. The van der Waals surface area contributed by atoms with Gasteiger partial charge in [-0.05, 0) is 18.6 Å². The Morgan fingerprint density at radius 2 is 2.05 bits per heavy atom. The number of carboxylic acids is 1. The van der Waals surface area contributed by atoms with Crippen molar-refractivity contribution in [2.45, 2.75) is 25.3 Å². The van der Waals surface area contributed by atoms with Crippen LogP contribution in [0.5, 0.6) is 0 Å². The van der Waals surface area contributed by atoms with Crippen molar-refractivity contribution < 1.29 is 19.5 Å². The van der Waals surface area contributed by atoms with Crippen LogP contribution >= 0.6 is 11.6 Å². The molecule has 0 spiro atoms. The summed E-state index contributed by atoms with van der Waals surface area (Å²) in [5.41, 5.74) is 0.628. The summed E-state index contributed by atoms with van der Waals surface area (Å²) >= 11 is 6.10. The molecule has 0 bridgehead atoms. The number of amides is 2. The van der Waals surface area contributed by atoms with E-state index in [2.05, 4.69) is 0 Å². The van der Waals surface area contributed by atoms with E-state index in [4.69, 9.17) is 16.7 Å². The number of anilines is 1. The normalized spacial score (nSPS) is 17.6. The van der Waals surface area contributed by atoms with Crippen molar-refractivity contribution in [2.24, 2.45) is 0 Å². The number of carboxylic acid groups (broad SMARTS) is 1. The Bertz CT molecular complexity index is 605. The van der Waals surface area contributed by atoms with Gasteiger partial charge in [0.15, 0.2) is 0 Å². The predicted octanol–water partition coefficient (Wildman–Crippen LogP) is 1.77. The summed E-state index contributed by atoms with van der Waals surface area (Å²) in [6, 6.07) is 6.47. The molecule has 1 aromatic carbocycles. The van der Waals surface area contributed by atoms with Crippen molar-refractivity contribution in [3.8, 4) is 0 Å². The monoisotopic (exact) mass is 324 g/mol. The molecule has 6 nitrogen and oxygen atoms in total. The number of para-hydroxylation sites is 1. The number of hydrogen-bond acceptors (Lipinski definition) is 3. The van der Waals surface area contributed by atoms with Crippen LogP contribution in [0.15, 0.2) is 24.3 Å². The second-order valence-electron chi connectivity index (χ2n) is 5.14. The summed E-state index contributed by atoms with van der Waals surface area (Å²) in [6.07, 6.45) is 0.152. The molecule has 118 valence electrons. The first-order valence-electron chi connectivity index (χ1n) is 6.95. The van der Waals surface area contributed by atoms with Crippen LogP contribution in [0.4, 0.5) is 5.69 Å². The average Bonchev–Trinajstić information content (AvgIpc) is 2.86. The molecule has 7 heteroatoms. The number of aliphatic carboxylic acids is 1. The maximum absolute atomic E-state index is 12.5. The van der Waals surface area contributed by atoms with Gasteiger partial charge in [0.25, 0.3) is 0 Å². The van der Waals surface area contributed by atoms with Crippen molar-refractivity contribution >= 4 is 35.1 Å². The highest BCUT2D eigenvalue weighted by Crippen LogP contribution is 2.30. The van der Waals surface area contributed by atoms with Crippen molar-refractivity contribution in [3.63, 3.8) is 0 Å². The molecule has 0 aliphatic carbocycles. The zero-order valence-electron chi connectivity index (χ0n) is 12.2. The average molecular weight is 325 g/mol. The summed E-state index contributed by atoms with van der Waals surface area (Å²) in [6.45, 7) is 0.476. The third-order valence-corrected chi connectivity index (χ3v) is 4.05. The van der Waals surface area contributed by atoms with E-state index in [0.717, 1.165) is 0 Å². The summed E-state index contributed by atoms with van der Waals surface area (Å²) in [5.74, 6) is -1.57. The van der Waals surface area contributed by atoms with Gasteiger partial charge in [0.1, 0.15) is 6.04 Å². The van der Waals surface area contributed by atoms with Crippen molar-refractivity contribution in [1.29, 1.82) is 0 Å². The smallest absolute Gasteiger partial charge is 0.303 e. The SMILES string of the molecule is CN(C(=O)CCC(=O)O)C1CCN(c2ccccc2Cl)C1=O. The minimum absolute atomic E-state index is 0.109. The van der Waals surface area contributed by atoms with Crippen LogP contribution < -0.4 is 4.90 Å². The molecule has 0 saturated carbocycles. The van der Waals surface area contributed by atoms with Crippen LogP contribution in [0, 0.1) is 0 Å². The number of hydrogen-bond donors (Lipinski definition) is 1. The van der Waals surface area contributed by atoms with E-state index in [9.17, 15) is 14.4 Å². The van der Waals surface area contributed by atoms with Crippen LogP contribution in [-0.2, 0) is 14.4 Å². The number of rotatable bonds is 5. The highest BCUT2D eigenvalue weighted by molar-refractivity contribution is 6.34. The Morgan fingerprint density at radius 1 is 1.36 bits per heavy atom. The number of carbonyl (C=O) groups is 3. The topological polar surface area (TPSA) is 77.9 Å². The second kappa shape index (κ2) is 6.79. The molecular formula is C15H17ClN2O4. The second-order valence-corrected chi connectivity index (χ2v) is 5.55. The fraction of sp³-hybridized carbons (Fsp3) is 0.400. The highest BCUT2D eigenvalue weighted by atomic mass is 35.5. The summed E-state index contributed by atoms with van der Waals surface area (Å²) in [7, 11) is 1.53. The quantitative estimate of drug-likeness (QED) is 0.895. The van der Waals surface area contributed by atoms with Crippen LogP contribution in [0.1, 0.15) is 19.3 Å². The maximum atomic E-state index is 12.5. The standard InChI is InChI=1S/C15H17ClN2O4/c1-17(13(19)6-7-14(20)21)12-8-9-18(15(12)22)11-5-3-2-4-10(11)16/h2-5,12H,6-9H2,1H3,(H,20,21). The Kier molecular flexibility index (Phi) is 5.03. The van der Waals surface area contributed by atoms with E-state index in [0.29, 0.717) is 23.7 Å². The molecule has 1 atom stereocenters. The molecule has 1 aliphatic heterocycles. The van der Waals surface area contributed by atoms with E-state index < -0.39 is 12.0 Å². The summed E-state index contributed by atoms with van der Waals surface area (Å²) in [5, 5.41) is 9.10. The van der Waals surface area contributed by atoms with E-state index in [1.165, 1.54) is 11.9 Å². The van der Waals surface area contributed by atoms with Crippen molar-refractivity contribution in [2.75, 3.05) is 18.5 Å². The molecule has 22 heavy (non-hydrogen) atoms. The van der Waals surface area contributed by atoms with E-state index in [-0.39, 0.29) is 24.7 Å². The first-order valence-corrected chi connectivity index (χ1v) is 7.33. The number of halogens is 1. The van der Waals surface area contributed by atoms with Gasteiger partial charge in [-0.1, -0.05) is 23.7 Å². The lowest BCUT2D eigenvalue weighted by molar-refractivity contribution is -0.142. The van der Waals surface area contributed by atoms with E-state index in [1.54, 1.807) is 29.2 Å². The largest absolute Gasteiger partial charge is 0.481 e. The van der Waals surface area contributed by atoms with E-state index in [1.807, 2.05) is 0 Å². The van der Waals surface area contributed by atoms with Crippen LogP contribution in [-0.4, -0.2) is 47.4 Å². The van der Waals surface area contributed by atoms with Crippen molar-refractivity contribution in [3.05, 3.63) is 29.3 Å². The molecule has 2 amide bonds. The first-order chi connectivity index (χ1) is 10.4. The number of benzene rings is 1. The van der Waals surface area contributed by atoms with Gasteiger partial charge in [-0.25, -0.2) is 0 Å². The first kappa shape index (κ1) is 16.3. The lowest BCUT2D eigenvalue weighted by atomic mass is 10.2. The molecule has 2 rings (SSSR count). The molecule has 1 aromatic rings. The Labute approximate surface area is 133 Å². The molecule has 1 saturated heterocycles. The predicted molar refractivity (Wildman–Crippen MR) is 81.8 cm³/mol. The van der Waals surface area contributed by atoms with Gasteiger partial charge >= 0.3 is 5.97 Å². The van der Waals surface area contributed by atoms with Crippen LogP contribution in [0.2, 0.25) is 5.02 Å². The van der Waals surface area contributed by atoms with Crippen molar-refractivity contribution in [1.82, 2.24) is 4.90 Å². The summed E-state index contributed by atoms with van der Waals surface area (Å²) in [4.78, 5) is 37.9. The minimum Gasteiger partial charge on any atom is -0.481 e. The van der Waals surface area contributed by atoms with Gasteiger partial charge in [-0.2, -0.15) is 0 Å². The maximum Gasteiger partial charge on any atom is 0.303 e. The number of nitrogens with zero attached hydrogens (tertiary/aromatic N) is 2. The Hall–Kier alpha value is -2.08. The molecule has 1 heterocycles. The van der Waals surface area contributed by atoms with Gasteiger partial charge in [0, 0.05) is 20.0 Å². The molecule has 1 N–H and O–H groups in total. The zero-order valence-corrected chi connectivity index (χ0v) is 12.9. The number of likely N-dealkylation sites (N-methyl/N-ethyl adjacent to an activating group) is 1. The van der Waals surface area contributed by atoms with E-state index >= 15 is 0 Å². The third kappa shape index (κ3) is 3.39. The number of carbonyl (C=O) groups excluding carboxylic acids is 2. The zero-order chi connectivity index (χ0) is 16.3. The fourth-order valence-corrected chi connectivity index (χ4v) is 2.74. The third-order valence-electron chi connectivity index (χ3n) is 3.73. The highest BCUT2D eigenvalue weighted by Gasteiger charge is 2.37. The van der Waals surface area contributed by atoms with Gasteiger partial charge in [0.05, 0.1) is 17.1 Å². The summed E-state index contributed by atoms with van der Waals surface area (Å²) < 4.78 is 0. The fourth-order valence-electron chi connectivity index (χ4n) is 2.50. The molecule has 0 radical (unpaired) electrons. The van der Waals surface area contributed by atoms with Gasteiger partial charge in [0.2, 0.25) is 11.8 Å². The van der Waals surface area contributed by atoms with Gasteiger partial charge in [-0.3, -0.25) is 14.4 Å². The molecule has 1 unspecified atom stereocenters. The minimum atomic E-state index is -1.03. The molecular weight excluding hydrogens is 308 g/mol. The molecule has 0 aromatic heterocycles. The van der Waals surface area contributed by atoms with Crippen LogP contribution in [0.25, 0.3) is 0 Å². The molecule has 1 fully saturated rings. The Morgan fingerprint density at radius 3 is 2.68 bits per heavy atom. The van der Waals surface area contributed by atoms with Gasteiger partial charge in [-0.15, -0.1) is 0 Å². The van der Waals surface area contributed by atoms with Crippen LogP contribution in [0.3, 0.4) is 0 Å². The van der Waals surface area contributed by atoms with Gasteiger partial charge < -0.3 is 14.9 Å². The molecule has 1 aliphatic rings.